The standard InChI is InChI=1S/C18H22ClN3O2/c19-15-3-1-13(2-4-15)10-21-11-16-9-20-12-22(16)17(18(21)23)14-5-7-24-8-6-14/h1-3,9,12,14-15,17H,4-8,10-11H2. The van der Waals surface area contributed by atoms with Gasteiger partial charge in [-0.3, -0.25) is 4.79 Å². The van der Waals surface area contributed by atoms with Crippen molar-refractivity contribution in [1.29, 1.82) is 0 Å². The molecular formula is C18H22ClN3O2. The molecule has 0 saturated carbocycles. The van der Waals surface area contributed by atoms with E-state index >= 15 is 0 Å². The molecular weight excluding hydrogens is 326 g/mol. The molecule has 2 atom stereocenters. The first-order valence-corrected chi connectivity index (χ1v) is 9.04. The topological polar surface area (TPSA) is 47.4 Å². The van der Waals surface area contributed by atoms with Crippen molar-refractivity contribution in [2.75, 3.05) is 19.8 Å². The molecule has 0 bridgehead atoms. The van der Waals surface area contributed by atoms with Gasteiger partial charge in [0.15, 0.2) is 0 Å². The number of nitrogens with zero attached hydrogens (tertiary/aromatic N) is 3. The average Bonchev–Trinajstić information content (AvgIpc) is 3.06. The summed E-state index contributed by atoms with van der Waals surface area (Å²) in [5.74, 6) is 0.528. The number of hydrogen-bond donors (Lipinski definition) is 0. The first-order valence-electron chi connectivity index (χ1n) is 8.61. The summed E-state index contributed by atoms with van der Waals surface area (Å²) < 4.78 is 7.55. The van der Waals surface area contributed by atoms with Gasteiger partial charge in [0.1, 0.15) is 6.04 Å². The predicted octanol–water partition coefficient (Wildman–Crippen LogP) is 2.69. The summed E-state index contributed by atoms with van der Waals surface area (Å²) in [6, 6.07) is -0.144. The molecule has 1 fully saturated rings. The molecule has 1 saturated heterocycles. The van der Waals surface area contributed by atoms with E-state index in [1.54, 1.807) is 0 Å². The van der Waals surface area contributed by atoms with Gasteiger partial charge in [0.05, 0.1) is 23.9 Å². The van der Waals surface area contributed by atoms with Gasteiger partial charge in [-0.1, -0.05) is 18.2 Å². The van der Waals surface area contributed by atoms with E-state index < -0.39 is 0 Å². The van der Waals surface area contributed by atoms with Crippen LogP contribution in [-0.2, 0) is 16.1 Å². The molecule has 0 aromatic carbocycles. The van der Waals surface area contributed by atoms with Crippen molar-refractivity contribution in [1.82, 2.24) is 14.5 Å². The third kappa shape index (κ3) is 3.03. The molecule has 6 heteroatoms. The number of fused-ring (bicyclic) bond motifs is 1. The summed E-state index contributed by atoms with van der Waals surface area (Å²) in [5, 5.41) is 0.0715. The Morgan fingerprint density at radius 1 is 1.33 bits per heavy atom. The highest BCUT2D eigenvalue weighted by Gasteiger charge is 2.38. The van der Waals surface area contributed by atoms with Gasteiger partial charge in [0.25, 0.3) is 0 Å². The van der Waals surface area contributed by atoms with Crippen LogP contribution in [0.2, 0.25) is 0 Å². The molecule has 128 valence electrons. The number of hydrogen-bond acceptors (Lipinski definition) is 3. The van der Waals surface area contributed by atoms with Crippen LogP contribution in [0.4, 0.5) is 0 Å². The molecule has 0 radical (unpaired) electrons. The van der Waals surface area contributed by atoms with E-state index in [0.717, 1.165) is 38.2 Å². The maximum atomic E-state index is 13.2. The molecule has 4 rings (SSSR count). The van der Waals surface area contributed by atoms with Gasteiger partial charge in [-0.2, -0.15) is 0 Å². The number of rotatable bonds is 3. The number of carbonyl (C=O) groups is 1. The third-order valence-corrected chi connectivity index (χ3v) is 5.50. The van der Waals surface area contributed by atoms with Crippen LogP contribution in [0.1, 0.15) is 31.0 Å². The first kappa shape index (κ1) is 15.9. The smallest absolute Gasteiger partial charge is 0.246 e. The lowest BCUT2D eigenvalue weighted by atomic mass is 9.89. The molecule has 2 unspecified atom stereocenters. The fourth-order valence-electron chi connectivity index (χ4n) is 3.85. The Bertz CT molecular complexity index is 676. The minimum absolute atomic E-state index is 0.0715. The Hall–Kier alpha value is -1.59. The van der Waals surface area contributed by atoms with Gasteiger partial charge >= 0.3 is 0 Å². The van der Waals surface area contributed by atoms with Gasteiger partial charge in [-0.05, 0) is 30.8 Å². The summed E-state index contributed by atoms with van der Waals surface area (Å²) in [5.41, 5.74) is 2.28. The van der Waals surface area contributed by atoms with Crippen LogP contribution in [0.5, 0.6) is 0 Å². The van der Waals surface area contributed by atoms with Crippen LogP contribution in [0.25, 0.3) is 0 Å². The summed E-state index contributed by atoms with van der Waals surface area (Å²) >= 11 is 6.09. The van der Waals surface area contributed by atoms with Crippen molar-refractivity contribution in [2.45, 2.75) is 37.2 Å². The van der Waals surface area contributed by atoms with E-state index in [0.29, 0.717) is 19.0 Å². The number of amides is 1. The van der Waals surface area contributed by atoms with E-state index in [1.807, 2.05) is 29.6 Å². The first-order chi connectivity index (χ1) is 11.7. The minimum atomic E-state index is -0.144. The maximum absolute atomic E-state index is 13.2. The Morgan fingerprint density at radius 2 is 2.17 bits per heavy atom. The van der Waals surface area contributed by atoms with Gasteiger partial charge in [-0.25, -0.2) is 4.98 Å². The highest BCUT2D eigenvalue weighted by molar-refractivity contribution is 6.22. The number of carbonyl (C=O) groups excluding carboxylic acids is 1. The van der Waals surface area contributed by atoms with Gasteiger partial charge < -0.3 is 14.2 Å². The number of imidazole rings is 1. The number of ether oxygens (including phenoxy) is 1. The van der Waals surface area contributed by atoms with Crippen molar-refractivity contribution in [3.05, 3.63) is 42.0 Å². The second kappa shape index (κ2) is 6.73. The number of allylic oxidation sites excluding steroid dienone is 2. The normalized spacial score (nSPS) is 28.0. The molecule has 3 heterocycles. The molecule has 0 spiro atoms. The summed E-state index contributed by atoms with van der Waals surface area (Å²) in [4.78, 5) is 19.4. The lowest BCUT2D eigenvalue weighted by molar-refractivity contribution is -0.140. The lowest BCUT2D eigenvalue weighted by Gasteiger charge is -2.39. The molecule has 3 aliphatic rings. The van der Waals surface area contributed by atoms with Gasteiger partial charge in [-0.15, -0.1) is 11.6 Å². The lowest BCUT2D eigenvalue weighted by Crippen LogP contribution is -2.46. The van der Waals surface area contributed by atoms with E-state index in [2.05, 4.69) is 15.6 Å². The van der Waals surface area contributed by atoms with Crippen LogP contribution in [0, 0.1) is 5.92 Å². The molecule has 24 heavy (non-hydrogen) atoms. The second-order valence-electron chi connectivity index (χ2n) is 6.77. The minimum Gasteiger partial charge on any atom is -0.381 e. The molecule has 1 aliphatic carbocycles. The summed E-state index contributed by atoms with van der Waals surface area (Å²) in [7, 11) is 0. The van der Waals surface area contributed by atoms with Crippen LogP contribution >= 0.6 is 11.6 Å². The maximum Gasteiger partial charge on any atom is 0.246 e. The molecule has 1 aromatic heterocycles. The Kier molecular flexibility index (Phi) is 4.46. The van der Waals surface area contributed by atoms with Crippen LogP contribution in [-0.4, -0.2) is 45.5 Å². The van der Waals surface area contributed by atoms with E-state index in [1.165, 1.54) is 5.57 Å². The van der Waals surface area contributed by atoms with Crippen molar-refractivity contribution in [2.24, 2.45) is 5.92 Å². The molecule has 2 aliphatic heterocycles. The largest absolute Gasteiger partial charge is 0.381 e. The second-order valence-corrected chi connectivity index (χ2v) is 7.33. The highest BCUT2D eigenvalue weighted by Crippen LogP contribution is 2.34. The summed E-state index contributed by atoms with van der Waals surface area (Å²) in [6.07, 6.45) is 12.6. The fraction of sp³-hybridized carbons (Fsp3) is 0.556. The summed E-state index contributed by atoms with van der Waals surface area (Å²) in [6.45, 7) is 2.74. The molecule has 1 aromatic rings. The quantitative estimate of drug-likeness (QED) is 0.790. The zero-order valence-electron chi connectivity index (χ0n) is 13.6. The highest BCUT2D eigenvalue weighted by atomic mass is 35.5. The van der Waals surface area contributed by atoms with Crippen molar-refractivity contribution >= 4 is 17.5 Å². The Morgan fingerprint density at radius 3 is 2.92 bits per heavy atom. The average molecular weight is 348 g/mol. The number of aromatic nitrogens is 2. The van der Waals surface area contributed by atoms with Crippen molar-refractivity contribution in [3.63, 3.8) is 0 Å². The Labute approximate surface area is 146 Å². The van der Waals surface area contributed by atoms with E-state index in [9.17, 15) is 4.79 Å². The monoisotopic (exact) mass is 347 g/mol. The van der Waals surface area contributed by atoms with Gasteiger partial charge in [0, 0.05) is 26.0 Å². The van der Waals surface area contributed by atoms with Crippen molar-refractivity contribution < 1.29 is 9.53 Å². The molecule has 1 amide bonds. The van der Waals surface area contributed by atoms with Crippen LogP contribution in [0.15, 0.2) is 36.3 Å². The van der Waals surface area contributed by atoms with Crippen molar-refractivity contribution in [3.8, 4) is 0 Å². The van der Waals surface area contributed by atoms with E-state index in [4.69, 9.17) is 16.3 Å². The number of halogens is 1. The third-order valence-electron chi connectivity index (χ3n) is 5.17. The SMILES string of the molecule is O=C1C(C2CCOCC2)n2cncc2CN1CC1=CCC(Cl)C=C1. The molecule has 5 nitrogen and oxygen atoms in total. The van der Waals surface area contributed by atoms with Crippen LogP contribution in [0.3, 0.4) is 0 Å². The zero-order valence-corrected chi connectivity index (χ0v) is 14.4. The van der Waals surface area contributed by atoms with E-state index in [-0.39, 0.29) is 17.3 Å². The molecule has 0 N–H and O–H groups in total. The fourth-order valence-corrected chi connectivity index (χ4v) is 4.02. The Balaban J connectivity index is 1.56. The van der Waals surface area contributed by atoms with Crippen LogP contribution < -0.4 is 0 Å². The zero-order chi connectivity index (χ0) is 16.5. The predicted molar refractivity (Wildman–Crippen MR) is 91.7 cm³/mol. The van der Waals surface area contributed by atoms with Gasteiger partial charge in [0.2, 0.25) is 5.91 Å². The number of alkyl halides is 1.